The van der Waals surface area contributed by atoms with Crippen LogP contribution in [-0.2, 0) is 0 Å². The van der Waals surface area contributed by atoms with Gasteiger partial charge in [0.15, 0.2) is 0 Å². The number of nitro benzene ring substituents is 1. The van der Waals surface area contributed by atoms with E-state index in [9.17, 15) is 14.5 Å². The van der Waals surface area contributed by atoms with Crippen LogP contribution in [0.1, 0.15) is 25.7 Å². The van der Waals surface area contributed by atoms with Gasteiger partial charge in [-0.25, -0.2) is 4.39 Å². The first-order valence-electron chi connectivity index (χ1n) is 6.13. The first-order valence-corrected chi connectivity index (χ1v) is 7.21. The van der Waals surface area contributed by atoms with Crippen LogP contribution in [0.2, 0.25) is 0 Å². The van der Waals surface area contributed by atoms with Crippen LogP contribution in [0.4, 0.5) is 15.8 Å². The van der Waals surface area contributed by atoms with Crippen LogP contribution in [0.15, 0.2) is 12.1 Å². The van der Waals surface area contributed by atoms with Gasteiger partial charge in [-0.3, -0.25) is 10.1 Å². The summed E-state index contributed by atoms with van der Waals surface area (Å²) >= 11 is 1.75. The molecular weight excluding hydrogens is 364 g/mol. The predicted octanol–water partition coefficient (Wildman–Crippen LogP) is 3.02. The van der Waals surface area contributed by atoms with Crippen molar-refractivity contribution in [2.24, 2.45) is 5.73 Å². The van der Waals surface area contributed by atoms with Crippen molar-refractivity contribution in [1.82, 2.24) is 0 Å². The average Bonchev–Trinajstić information content (AvgIpc) is 2.36. The topological polar surface area (TPSA) is 81.2 Å². The molecule has 0 unspecified atom stereocenters. The standard InChI is InChI=1S/C12H15FIN3O2/c13-9-5-11(12(17(18)19)6-10(9)14)16-8-3-1-7(15)2-4-8/h5-8,16H,1-4,15H2. The van der Waals surface area contributed by atoms with Gasteiger partial charge in [0.25, 0.3) is 5.69 Å². The number of nitrogens with zero attached hydrogens (tertiary/aromatic N) is 1. The van der Waals surface area contributed by atoms with Crippen LogP contribution < -0.4 is 11.1 Å². The molecule has 0 amide bonds. The number of nitrogens with one attached hydrogen (secondary N) is 1. The lowest BCUT2D eigenvalue weighted by Gasteiger charge is -2.27. The molecule has 5 nitrogen and oxygen atoms in total. The van der Waals surface area contributed by atoms with Gasteiger partial charge in [0.2, 0.25) is 0 Å². The van der Waals surface area contributed by atoms with E-state index in [1.54, 1.807) is 22.6 Å². The lowest BCUT2D eigenvalue weighted by atomic mass is 9.91. The molecule has 0 radical (unpaired) electrons. The molecule has 1 aliphatic carbocycles. The van der Waals surface area contributed by atoms with Crippen LogP contribution in [0.3, 0.4) is 0 Å². The van der Waals surface area contributed by atoms with Crippen molar-refractivity contribution in [1.29, 1.82) is 0 Å². The Hall–Kier alpha value is -0.960. The van der Waals surface area contributed by atoms with Crippen molar-refractivity contribution in [3.8, 4) is 0 Å². The van der Waals surface area contributed by atoms with Gasteiger partial charge in [-0.1, -0.05) is 0 Å². The van der Waals surface area contributed by atoms with Crippen LogP contribution in [0, 0.1) is 19.5 Å². The Kier molecular flexibility index (Phi) is 4.56. The molecule has 0 spiro atoms. The summed E-state index contributed by atoms with van der Waals surface area (Å²) in [5.41, 5.74) is 5.99. The van der Waals surface area contributed by atoms with Gasteiger partial charge in [-0.2, -0.15) is 0 Å². The first-order chi connectivity index (χ1) is 8.97. The van der Waals surface area contributed by atoms with E-state index in [2.05, 4.69) is 5.32 Å². The van der Waals surface area contributed by atoms with Gasteiger partial charge >= 0.3 is 0 Å². The van der Waals surface area contributed by atoms with E-state index in [1.807, 2.05) is 0 Å². The SMILES string of the molecule is NC1CCC(Nc2cc(F)c(I)cc2[N+](=O)[O-])CC1. The summed E-state index contributed by atoms with van der Waals surface area (Å²) in [5.74, 6) is -0.443. The van der Waals surface area contributed by atoms with Gasteiger partial charge in [-0.05, 0) is 48.3 Å². The number of nitrogens with two attached hydrogens (primary N) is 1. The average molecular weight is 379 g/mol. The molecule has 0 heterocycles. The quantitative estimate of drug-likeness (QED) is 0.481. The zero-order chi connectivity index (χ0) is 14.0. The summed E-state index contributed by atoms with van der Waals surface area (Å²) in [4.78, 5) is 10.5. The van der Waals surface area contributed by atoms with Crippen molar-refractivity contribution in [2.75, 3.05) is 5.32 Å². The van der Waals surface area contributed by atoms with Crippen molar-refractivity contribution < 1.29 is 9.31 Å². The van der Waals surface area contributed by atoms with Crippen molar-refractivity contribution in [3.05, 3.63) is 31.6 Å². The maximum absolute atomic E-state index is 13.5. The third-order valence-electron chi connectivity index (χ3n) is 3.37. The second kappa shape index (κ2) is 6.00. The molecular formula is C12H15FIN3O2. The fourth-order valence-corrected chi connectivity index (χ4v) is 2.74. The Morgan fingerprint density at radius 1 is 1.37 bits per heavy atom. The molecule has 7 heteroatoms. The number of nitro groups is 1. The first kappa shape index (κ1) is 14.4. The summed E-state index contributed by atoms with van der Waals surface area (Å²) in [6.45, 7) is 0. The lowest BCUT2D eigenvalue weighted by Crippen LogP contribution is -2.33. The van der Waals surface area contributed by atoms with Gasteiger partial charge < -0.3 is 11.1 Å². The van der Waals surface area contributed by atoms with E-state index in [1.165, 1.54) is 12.1 Å². The van der Waals surface area contributed by atoms with Crippen LogP contribution in [0.25, 0.3) is 0 Å². The Morgan fingerprint density at radius 2 is 2.00 bits per heavy atom. The monoisotopic (exact) mass is 379 g/mol. The molecule has 1 aromatic carbocycles. The summed E-state index contributed by atoms with van der Waals surface area (Å²) in [5, 5.41) is 14.1. The summed E-state index contributed by atoms with van der Waals surface area (Å²) in [6, 6.07) is 2.79. The second-order valence-corrected chi connectivity index (χ2v) is 5.96. The number of hydrogen-bond acceptors (Lipinski definition) is 4. The molecule has 0 aromatic heterocycles. The predicted molar refractivity (Wildman–Crippen MR) is 79.6 cm³/mol. The minimum absolute atomic E-state index is 0.0827. The molecule has 3 N–H and O–H groups in total. The van der Waals surface area contributed by atoms with Crippen molar-refractivity contribution >= 4 is 34.0 Å². The van der Waals surface area contributed by atoms with Crippen LogP contribution >= 0.6 is 22.6 Å². The van der Waals surface area contributed by atoms with E-state index in [4.69, 9.17) is 5.73 Å². The molecule has 0 aliphatic heterocycles. The number of halogens is 2. The highest BCUT2D eigenvalue weighted by molar-refractivity contribution is 14.1. The fraction of sp³-hybridized carbons (Fsp3) is 0.500. The molecule has 0 atom stereocenters. The van der Waals surface area contributed by atoms with E-state index in [0.29, 0.717) is 0 Å². The number of hydrogen-bond donors (Lipinski definition) is 2. The summed E-state index contributed by atoms with van der Waals surface area (Å²) in [6.07, 6.45) is 3.48. The Bertz CT molecular complexity index is 490. The largest absolute Gasteiger partial charge is 0.377 e. The molecule has 0 saturated heterocycles. The third-order valence-corrected chi connectivity index (χ3v) is 4.19. The minimum Gasteiger partial charge on any atom is -0.377 e. The van der Waals surface area contributed by atoms with Crippen molar-refractivity contribution in [3.63, 3.8) is 0 Å². The maximum atomic E-state index is 13.5. The van der Waals surface area contributed by atoms with E-state index >= 15 is 0 Å². The fourth-order valence-electron chi connectivity index (χ4n) is 2.29. The van der Waals surface area contributed by atoms with E-state index in [-0.39, 0.29) is 27.0 Å². The lowest BCUT2D eigenvalue weighted by molar-refractivity contribution is -0.384. The molecule has 2 rings (SSSR count). The zero-order valence-corrected chi connectivity index (χ0v) is 12.4. The molecule has 0 bridgehead atoms. The molecule has 1 fully saturated rings. The van der Waals surface area contributed by atoms with Crippen LogP contribution in [-0.4, -0.2) is 17.0 Å². The summed E-state index contributed by atoms with van der Waals surface area (Å²) < 4.78 is 13.8. The molecule has 1 aromatic rings. The molecule has 19 heavy (non-hydrogen) atoms. The maximum Gasteiger partial charge on any atom is 0.293 e. The van der Waals surface area contributed by atoms with Gasteiger partial charge in [0.05, 0.1) is 8.49 Å². The smallest absolute Gasteiger partial charge is 0.293 e. The third kappa shape index (κ3) is 3.53. The highest BCUT2D eigenvalue weighted by Crippen LogP contribution is 2.31. The molecule has 1 aliphatic rings. The Balaban J connectivity index is 2.19. The zero-order valence-electron chi connectivity index (χ0n) is 10.2. The number of benzene rings is 1. The van der Waals surface area contributed by atoms with E-state index < -0.39 is 10.7 Å². The minimum atomic E-state index is -0.488. The van der Waals surface area contributed by atoms with Gasteiger partial charge in [-0.15, -0.1) is 0 Å². The highest BCUT2D eigenvalue weighted by atomic mass is 127. The van der Waals surface area contributed by atoms with Crippen molar-refractivity contribution in [2.45, 2.75) is 37.8 Å². The van der Waals surface area contributed by atoms with Gasteiger partial charge in [0.1, 0.15) is 11.5 Å². The summed E-state index contributed by atoms with van der Waals surface area (Å²) in [7, 11) is 0. The highest BCUT2D eigenvalue weighted by Gasteiger charge is 2.23. The normalized spacial score (nSPS) is 23.1. The van der Waals surface area contributed by atoms with Crippen LogP contribution in [0.5, 0.6) is 0 Å². The number of rotatable bonds is 3. The molecule has 104 valence electrons. The molecule has 1 saturated carbocycles. The number of anilines is 1. The Labute approximate surface area is 124 Å². The Morgan fingerprint density at radius 3 is 2.58 bits per heavy atom. The second-order valence-electron chi connectivity index (χ2n) is 4.80. The van der Waals surface area contributed by atoms with Gasteiger partial charge in [0, 0.05) is 24.2 Å². The van der Waals surface area contributed by atoms with E-state index in [0.717, 1.165) is 25.7 Å².